The average Bonchev–Trinajstić information content (AvgIpc) is 3.27. The summed E-state index contributed by atoms with van der Waals surface area (Å²) in [7, 11) is 1.65. The fourth-order valence-electron chi connectivity index (χ4n) is 4.16. The molecule has 1 atom stereocenters. The van der Waals surface area contributed by atoms with Crippen LogP contribution in [-0.2, 0) is 11.2 Å². The topological polar surface area (TPSA) is 67.5 Å². The molecule has 1 N–H and O–H groups in total. The number of morpholine rings is 1. The molecule has 0 saturated carbocycles. The van der Waals surface area contributed by atoms with Gasteiger partial charge in [0.05, 0.1) is 26.0 Å². The maximum absolute atomic E-state index is 13.5. The van der Waals surface area contributed by atoms with Crippen LogP contribution in [0.15, 0.2) is 66.7 Å². The minimum absolute atomic E-state index is 0.132. The largest absolute Gasteiger partial charge is 0.497 e. The van der Waals surface area contributed by atoms with Gasteiger partial charge in [-0.15, -0.1) is 0 Å². The molecule has 7 heteroatoms. The first-order chi connectivity index (χ1) is 16.1. The number of aromatic amines is 1. The van der Waals surface area contributed by atoms with E-state index in [1.807, 2.05) is 42.5 Å². The molecule has 1 aliphatic rings. The number of carbonyl (C=O) groups is 1. The van der Waals surface area contributed by atoms with Gasteiger partial charge in [-0.2, -0.15) is 0 Å². The molecule has 0 radical (unpaired) electrons. The van der Waals surface area contributed by atoms with Gasteiger partial charge in [-0.1, -0.05) is 18.2 Å². The van der Waals surface area contributed by atoms with Gasteiger partial charge >= 0.3 is 0 Å². The van der Waals surface area contributed by atoms with Crippen molar-refractivity contribution in [1.82, 2.24) is 14.9 Å². The van der Waals surface area contributed by atoms with Gasteiger partial charge in [-0.25, -0.2) is 4.39 Å². The quantitative estimate of drug-likeness (QED) is 0.491. The van der Waals surface area contributed by atoms with Gasteiger partial charge in [0.25, 0.3) is 5.91 Å². The Morgan fingerprint density at radius 1 is 1.18 bits per heavy atom. The van der Waals surface area contributed by atoms with Gasteiger partial charge in [0.1, 0.15) is 23.4 Å². The number of methoxy groups -OCH3 is 1. The van der Waals surface area contributed by atoms with Crippen LogP contribution in [0.4, 0.5) is 4.39 Å². The van der Waals surface area contributed by atoms with Crippen LogP contribution in [0.1, 0.15) is 33.5 Å². The highest BCUT2D eigenvalue weighted by Gasteiger charge is 2.28. The molecule has 33 heavy (non-hydrogen) atoms. The Kier molecular flexibility index (Phi) is 5.79. The second kappa shape index (κ2) is 9.03. The van der Waals surface area contributed by atoms with Crippen molar-refractivity contribution in [3.63, 3.8) is 0 Å². The fourth-order valence-corrected chi connectivity index (χ4v) is 4.16. The predicted molar refractivity (Wildman–Crippen MR) is 123 cm³/mol. The Labute approximate surface area is 191 Å². The van der Waals surface area contributed by atoms with E-state index in [-0.39, 0.29) is 17.8 Å². The maximum Gasteiger partial charge on any atom is 0.270 e. The molecule has 3 heterocycles. The summed E-state index contributed by atoms with van der Waals surface area (Å²) < 4.78 is 24.8. The average molecular weight is 445 g/mol. The van der Waals surface area contributed by atoms with E-state index in [1.54, 1.807) is 24.1 Å². The zero-order valence-electron chi connectivity index (χ0n) is 18.3. The van der Waals surface area contributed by atoms with E-state index < -0.39 is 0 Å². The highest BCUT2D eigenvalue weighted by Crippen LogP contribution is 2.24. The predicted octanol–water partition coefficient (Wildman–Crippen LogP) is 4.52. The van der Waals surface area contributed by atoms with Crippen LogP contribution in [0.3, 0.4) is 0 Å². The lowest BCUT2D eigenvalue weighted by Gasteiger charge is -2.32. The van der Waals surface area contributed by atoms with E-state index in [0.717, 1.165) is 28.1 Å². The molecular weight excluding hydrogens is 421 g/mol. The monoisotopic (exact) mass is 445 g/mol. The summed E-state index contributed by atoms with van der Waals surface area (Å²) in [6.07, 6.45) is 0.362. The van der Waals surface area contributed by atoms with Crippen LogP contribution in [0.2, 0.25) is 0 Å². The first-order valence-electron chi connectivity index (χ1n) is 10.9. The van der Waals surface area contributed by atoms with Gasteiger partial charge in [0.15, 0.2) is 0 Å². The third kappa shape index (κ3) is 4.59. The van der Waals surface area contributed by atoms with Crippen molar-refractivity contribution >= 4 is 16.8 Å². The number of rotatable bonds is 5. The summed E-state index contributed by atoms with van der Waals surface area (Å²) in [5, 5.41) is 0.802. The third-order valence-electron chi connectivity index (χ3n) is 5.85. The maximum atomic E-state index is 13.5. The summed E-state index contributed by atoms with van der Waals surface area (Å²) in [5.74, 6) is 0.343. The van der Waals surface area contributed by atoms with Crippen molar-refractivity contribution in [2.45, 2.75) is 12.5 Å². The number of nitrogens with zero attached hydrogens (tertiary/aromatic N) is 2. The van der Waals surface area contributed by atoms with E-state index in [1.165, 1.54) is 12.1 Å². The summed E-state index contributed by atoms with van der Waals surface area (Å²) >= 11 is 0. The number of hydrogen-bond acceptors (Lipinski definition) is 4. The Balaban J connectivity index is 1.31. The Bertz CT molecular complexity index is 1300. The van der Waals surface area contributed by atoms with Crippen LogP contribution in [0.5, 0.6) is 5.75 Å². The molecule has 1 fully saturated rings. The van der Waals surface area contributed by atoms with Gasteiger partial charge in [-0.3, -0.25) is 9.78 Å². The van der Waals surface area contributed by atoms with Crippen molar-refractivity contribution in [1.29, 1.82) is 0 Å². The lowest BCUT2D eigenvalue weighted by Crippen LogP contribution is -2.42. The normalized spacial score (nSPS) is 16.2. The highest BCUT2D eigenvalue weighted by atomic mass is 19.1. The number of pyridine rings is 1. The molecule has 1 aliphatic heterocycles. The minimum atomic E-state index is -0.338. The van der Waals surface area contributed by atoms with E-state index in [2.05, 4.69) is 4.98 Å². The highest BCUT2D eigenvalue weighted by molar-refractivity contribution is 5.98. The molecule has 6 nitrogen and oxygen atoms in total. The van der Waals surface area contributed by atoms with Crippen LogP contribution in [0.25, 0.3) is 10.9 Å². The molecule has 0 aliphatic carbocycles. The van der Waals surface area contributed by atoms with Gasteiger partial charge < -0.3 is 19.4 Å². The zero-order valence-corrected chi connectivity index (χ0v) is 18.3. The first kappa shape index (κ1) is 21.2. The Hall–Kier alpha value is -3.71. The van der Waals surface area contributed by atoms with Crippen LogP contribution < -0.4 is 4.74 Å². The fraction of sp³-hybridized carbons (Fsp3) is 0.231. The molecule has 2 aromatic carbocycles. The molecule has 1 saturated heterocycles. The van der Waals surface area contributed by atoms with Crippen molar-refractivity contribution in [3.05, 3.63) is 95.2 Å². The van der Waals surface area contributed by atoms with E-state index in [9.17, 15) is 9.18 Å². The zero-order chi connectivity index (χ0) is 22.8. The summed E-state index contributed by atoms with van der Waals surface area (Å²) in [6.45, 7) is 1.31. The van der Waals surface area contributed by atoms with E-state index >= 15 is 0 Å². The van der Waals surface area contributed by atoms with Crippen molar-refractivity contribution in [2.75, 3.05) is 26.8 Å². The lowest BCUT2D eigenvalue weighted by molar-refractivity contribution is -0.0249. The van der Waals surface area contributed by atoms with Crippen molar-refractivity contribution in [3.8, 4) is 5.75 Å². The lowest BCUT2D eigenvalue weighted by atomic mass is 10.1. The van der Waals surface area contributed by atoms with Crippen LogP contribution in [0, 0.1) is 5.82 Å². The minimum Gasteiger partial charge on any atom is -0.497 e. The SMILES string of the molecule is COc1cccc(Cc2cccc(C3CN(C(=O)c4cc5ccc(F)cc5[nH]4)CCO3)n2)c1. The number of nitrogens with one attached hydrogen (secondary N) is 1. The second-order valence-corrected chi connectivity index (χ2v) is 8.11. The summed E-state index contributed by atoms with van der Waals surface area (Å²) in [4.78, 5) is 22.7. The third-order valence-corrected chi connectivity index (χ3v) is 5.85. The van der Waals surface area contributed by atoms with Gasteiger partial charge in [0.2, 0.25) is 0 Å². The molecule has 2 aromatic heterocycles. The number of halogens is 1. The molecule has 1 amide bonds. The molecule has 4 aromatic rings. The summed E-state index contributed by atoms with van der Waals surface area (Å²) in [5.41, 5.74) is 3.87. The van der Waals surface area contributed by atoms with Crippen LogP contribution in [-0.4, -0.2) is 47.6 Å². The first-order valence-corrected chi connectivity index (χ1v) is 10.9. The molecule has 5 rings (SSSR count). The summed E-state index contributed by atoms with van der Waals surface area (Å²) in [6, 6.07) is 20.0. The number of fused-ring (bicyclic) bond motifs is 1. The van der Waals surface area contributed by atoms with E-state index in [4.69, 9.17) is 14.5 Å². The number of carbonyl (C=O) groups excluding carboxylic acids is 1. The Morgan fingerprint density at radius 2 is 2.06 bits per heavy atom. The molecule has 1 unspecified atom stereocenters. The molecular formula is C26H24FN3O3. The van der Waals surface area contributed by atoms with Gasteiger partial charge in [0, 0.05) is 29.6 Å². The second-order valence-electron chi connectivity index (χ2n) is 8.11. The number of hydrogen-bond donors (Lipinski definition) is 1. The standard InChI is InChI=1S/C26H24FN3O3/c1-32-21-6-2-4-17(13-21)12-20-5-3-7-22(28-20)25-16-30(10-11-33-25)26(31)24-14-18-8-9-19(27)15-23(18)29-24/h2-9,13-15,25,29H,10-12,16H2,1H3. The van der Waals surface area contributed by atoms with E-state index in [0.29, 0.717) is 37.3 Å². The number of aromatic nitrogens is 2. The van der Waals surface area contributed by atoms with Crippen molar-refractivity contribution in [2.24, 2.45) is 0 Å². The number of benzene rings is 2. The van der Waals surface area contributed by atoms with Gasteiger partial charge in [-0.05, 0) is 54.1 Å². The number of amides is 1. The van der Waals surface area contributed by atoms with Crippen molar-refractivity contribution < 1.29 is 18.7 Å². The molecule has 168 valence electrons. The Morgan fingerprint density at radius 3 is 2.94 bits per heavy atom. The smallest absolute Gasteiger partial charge is 0.270 e. The number of H-pyrrole nitrogens is 1. The number of ether oxygens (including phenoxy) is 2. The molecule has 0 spiro atoms. The van der Waals surface area contributed by atoms with Crippen LogP contribution >= 0.6 is 0 Å². The molecule has 0 bridgehead atoms.